The van der Waals surface area contributed by atoms with E-state index < -0.39 is 0 Å². The summed E-state index contributed by atoms with van der Waals surface area (Å²) < 4.78 is 1.99. The first-order valence-electron chi connectivity index (χ1n) is 8.08. The normalized spacial score (nSPS) is 12.5. The lowest BCUT2D eigenvalue weighted by atomic mass is 10.0. The van der Waals surface area contributed by atoms with E-state index in [1.54, 1.807) is 0 Å². The van der Waals surface area contributed by atoms with Gasteiger partial charge in [-0.2, -0.15) is 0 Å². The maximum atomic E-state index is 4.18. The number of tetrazole rings is 1. The highest BCUT2D eigenvalue weighted by atomic mass is 15.5. The quantitative estimate of drug-likeness (QED) is 0.661. The van der Waals surface area contributed by atoms with Crippen LogP contribution in [0, 0.1) is 5.92 Å². The van der Waals surface area contributed by atoms with Crippen LogP contribution >= 0.6 is 0 Å². The Hall–Kier alpha value is -1.71. The molecule has 0 aliphatic heterocycles. The van der Waals surface area contributed by atoms with E-state index in [4.69, 9.17) is 0 Å². The fourth-order valence-corrected chi connectivity index (χ4v) is 2.63. The van der Waals surface area contributed by atoms with Crippen LogP contribution in [-0.2, 0) is 19.4 Å². The first-order valence-corrected chi connectivity index (χ1v) is 8.08. The van der Waals surface area contributed by atoms with Crippen molar-refractivity contribution in [2.24, 2.45) is 5.92 Å². The number of nitrogens with zero attached hydrogens (tertiary/aromatic N) is 4. The number of hydrogen-bond acceptors (Lipinski definition) is 3. The summed E-state index contributed by atoms with van der Waals surface area (Å²) in [5.41, 5.74) is 1.38. The maximum absolute atomic E-state index is 4.18. The van der Waals surface area contributed by atoms with Crippen molar-refractivity contribution in [1.29, 1.82) is 0 Å². The third-order valence-corrected chi connectivity index (χ3v) is 3.77. The van der Waals surface area contributed by atoms with Crippen molar-refractivity contribution in [2.45, 2.75) is 58.9 Å². The Bertz CT molecular complexity index is 507. The summed E-state index contributed by atoms with van der Waals surface area (Å²) >= 11 is 0. The molecule has 0 aliphatic rings. The van der Waals surface area contributed by atoms with Crippen molar-refractivity contribution < 1.29 is 0 Å². The third-order valence-electron chi connectivity index (χ3n) is 3.77. The molecule has 4 heteroatoms. The van der Waals surface area contributed by atoms with Crippen LogP contribution in [0.5, 0.6) is 0 Å². The van der Waals surface area contributed by atoms with Gasteiger partial charge in [-0.05, 0) is 34.7 Å². The molecule has 0 bridgehead atoms. The summed E-state index contributed by atoms with van der Waals surface area (Å²) in [6.07, 6.45) is 7.07. The molecule has 2 rings (SSSR count). The third kappa shape index (κ3) is 5.29. The number of aromatic nitrogens is 4. The summed E-state index contributed by atoms with van der Waals surface area (Å²) in [6.45, 7) is 5.38. The minimum absolute atomic E-state index is 0.533. The molecule has 114 valence electrons. The maximum Gasteiger partial charge on any atom is 0.151 e. The topological polar surface area (TPSA) is 43.6 Å². The van der Waals surface area contributed by atoms with Crippen molar-refractivity contribution >= 4 is 0 Å². The Morgan fingerprint density at radius 1 is 1.10 bits per heavy atom. The first kappa shape index (κ1) is 15.7. The van der Waals surface area contributed by atoms with Crippen molar-refractivity contribution in [3.05, 3.63) is 41.7 Å². The molecule has 0 N–H and O–H groups in total. The molecule has 0 fully saturated rings. The fraction of sp³-hybridized carbons (Fsp3) is 0.588. The van der Waals surface area contributed by atoms with Gasteiger partial charge in [-0.3, -0.25) is 0 Å². The van der Waals surface area contributed by atoms with E-state index in [0.717, 1.165) is 25.2 Å². The fourth-order valence-electron chi connectivity index (χ4n) is 2.63. The van der Waals surface area contributed by atoms with E-state index in [0.29, 0.717) is 5.92 Å². The molecule has 0 spiro atoms. The zero-order valence-electron chi connectivity index (χ0n) is 13.2. The molecule has 0 aliphatic carbocycles. The van der Waals surface area contributed by atoms with E-state index in [1.807, 2.05) is 4.68 Å². The summed E-state index contributed by atoms with van der Waals surface area (Å²) in [4.78, 5) is 0. The zero-order valence-corrected chi connectivity index (χ0v) is 13.2. The highest BCUT2D eigenvalue weighted by Gasteiger charge is 2.10. The molecule has 0 saturated carbocycles. The Labute approximate surface area is 127 Å². The standard InChI is InChI=1S/C17H26N4/c1-3-4-5-9-12-17-18-19-20-21(17)14-15(2)13-16-10-7-6-8-11-16/h6-8,10-11,15H,3-5,9,12-14H2,1-2H3. The lowest BCUT2D eigenvalue weighted by molar-refractivity contribution is 0.426. The van der Waals surface area contributed by atoms with Crippen molar-refractivity contribution in [3.8, 4) is 0 Å². The van der Waals surface area contributed by atoms with E-state index in [1.165, 1.54) is 31.2 Å². The molecule has 0 saturated heterocycles. The van der Waals surface area contributed by atoms with Gasteiger partial charge in [0.2, 0.25) is 0 Å². The van der Waals surface area contributed by atoms with Gasteiger partial charge in [0.05, 0.1) is 0 Å². The lowest BCUT2D eigenvalue weighted by Gasteiger charge is -2.12. The molecular formula is C17H26N4. The highest BCUT2D eigenvalue weighted by molar-refractivity contribution is 5.15. The highest BCUT2D eigenvalue weighted by Crippen LogP contribution is 2.12. The SMILES string of the molecule is CCCCCCc1nnnn1CC(C)Cc1ccccc1. The second-order valence-electron chi connectivity index (χ2n) is 5.88. The summed E-state index contributed by atoms with van der Waals surface area (Å²) in [5, 5.41) is 12.2. The molecule has 21 heavy (non-hydrogen) atoms. The molecular weight excluding hydrogens is 260 g/mol. The van der Waals surface area contributed by atoms with E-state index >= 15 is 0 Å². The van der Waals surface area contributed by atoms with Gasteiger partial charge in [0.15, 0.2) is 5.82 Å². The van der Waals surface area contributed by atoms with Gasteiger partial charge in [-0.25, -0.2) is 4.68 Å². The molecule has 1 aromatic heterocycles. The lowest BCUT2D eigenvalue weighted by Crippen LogP contribution is -2.14. The van der Waals surface area contributed by atoms with E-state index in [-0.39, 0.29) is 0 Å². The van der Waals surface area contributed by atoms with Crippen LogP contribution in [0.3, 0.4) is 0 Å². The molecule has 2 aromatic rings. The van der Waals surface area contributed by atoms with Gasteiger partial charge in [-0.15, -0.1) is 5.10 Å². The first-order chi connectivity index (χ1) is 10.3. The van der Waals surface area contributed by atoms with Crippen LogP contribution in [0.4, 0.5) is 0 Å². The Kier molecular flexibility index (Phi) is 6.38. The van der Waals surface area contributed by atoms with Gasteiger partial charge in [0, 0.05) is 13.0 Å². The summed E-state index contributed by atoms with van der Waals surface area (Å²) in [5.74, 6) is 1.57. The molecule has 1 unspecified atom stereocenters. The number of aryl methyl sites for hydroxylation is 1. The number of benzene rings is 1. The Morgan fingerprint density at radius 3 is 2.67 bits per heavy atom. The Morgan fingerprint density at radius 2 is 1.90 bits per heavy atom. The molecule has 1 heterocycles. The predicted octanol–water partition coefficient (Wildman–Crippen LogP) is 3.67. The minimum Gasteiger partial charge on any atom is -0.229 e. The molecule has 1 atom stereocenters. The van der Waals surface area contributed by atoms with Gasteiger partial charge in [-0.1, -0.05) is 63.4 Å². The summed E-state index contributed by atoms with van der Waals surface area (Å²) in [7, 11) is 0. The van der Waals surface area contributed by atoms with E-state index in [9.17, 15) is 0 Å². The van der Waals surface area contributed by atoms with Crippen LogP contribution in [-0.4, -0.2) is 20.2 Å². The largest absolute Gasteiger partial charge is 0.229 e. The van der Waals surface area contributed by atoms with Gasteiger partial charge in [0.25, 0.3) is 0 Å². The van der Waals surface area contributed by atoms with Gasteiger partial charge in [0.1, 0.15) is 0 Å². The van der Waals surface area contributed by atoms with Gasteiger partial charge >= 0.3 is 0 Å². The predicted molar refractivity (Wildman–Crippen MR) is 85.0 cm³/mol. The van der Waals surface area contributed by atoms with Crippen molar-refractivity contribution in [1.82, 2.24) is 20.2 Å². The molecule has 0 radical (unpaired) electrons. The van der Waals surface area contributed by atoms with Crippen LogP contribution in [0.25, 0.3) is 0 Å². The van der Waals surface area contributed by atoms with Crippen LogP contribution < -0.4 is 0 Å². The van der Waals surface area contributed by atoms with Crippen LogP contribution in [0.1, 0.15) is 50.9 Å². The summed E-state index contributed by atoms with van der Waals surface area (Å²) in [6, 6.07) is 10.6. The number of unbranched alkanes of at least 4 members (excludes halogenated alkanes) is 3. The van der Waals surface area contributed by atoms with Gasteiger partial charge < -0.3 is 0 Å². The smallest absolute Gasteiger partial charge is 0.151 e. The second-order valence-corrected chi connectivity index (χ2v) is 5.88. The van der Waals surface area contributed by atoms with Crippen LogP contribution in [0.15, 0.2) is 30.3 Å². The van der Waals surface area contributed by atoms with Crippen molar-refractivity contribution in [3.63, 3.8) is 0 Å². The van der Waals surface area contributed by atoms with Crippen LogP contribution in [0.2, 0.25) is 0 Å². The average molecular weight is 286 g/mol. The van der Waals surface area contributed by atoms with E-state index in [2.05, 4.69) is 59.7 Å². The molecule has 4 nitrogen and oxygen atoms in total. The number of hydrogen-bond donors (Lipinski definition) is 0. The monoisotopic (exact) mass is 286 g/mol. The molecule has 0 amide bonds. The second kappa shape index (κ2) is 8.55. The number of rotatable bonds is 9. The molecule has 1 aromatic carbocycles. The Balaban J connectivity index is 1.83. The average Bonchev–Trinajstić information content (AvgIpc) is 2.92. The minimum atomic E-state index is 0.533. The zero-order chi connectivity index (χ0) is 14.9. The van der Waals surface area contributed by atoms with Crippen molar-refractivity contribution in [2.75, 3.05) is 0 Å².